The van der Waals surface area contributed by atoms with Gasteiger partial charge in [-0.1, -0.05) is 0 Å². The second-order valence-corrected chi connectivity index (χ2v) is 3.09. The van der Waals surface area contributed by atoms with Crippen molar-refractivity contribution in [2.24, 2.45) is 0 Å². The molecule has 4 atom stereocenters. The average molecular weight is 386 g/mol. The number of aliphatic hydroxyl groups is 4. The summed E-state index contributed by atoms with van der Waals surface area (Å²) in [6, 6.07) is 0. The number of hydrogen-bond donors (Lipinski definition) is 6. The van der Waals surface area contributed by atoms with Crippen molar-refractivity contribution in [2.45, 2.75) is 24.4 Å². The molecule has 12 nitrogen and oxygen atoms in total. The third-order valence-corrected chi connectivity index (χ3v) is 1.59. The van der Waals surface area contributed by atoms with Crippen molar-refractivity contribution in [1.82, 2.24) is 0 Å². The molecular formula is C8H10O12Sr. The zero-order valence-electron chi connectivity index (χ0n) is 10.1. The largest absolute Gasteiger partial charge is 2.00 e. The van der Waals surface area contributed by atoms with Crippen LogP contribution in [0, 0.1) is 0 Å². The standard InChI is InChI=1S/2C4H6O6.Sr/c2*5-1(3(7)8)2(6)4(9)10;/h2*1-2,5-6H,(H,7,8)(H,9,10);/q;;+2/p-2. The number of carboxylic acid groups (broad SMARTS) is 4. The van der Waals surface area contributed by atoms with E-state index in [0.29, 0.717) is 0 Å². The maximum atomic E-state index is 9.74. The Hall–Kier alpha value is -0.799. The first-order valence-corrected chi connectivity index (χ1v) is 4.53. The molecule has 0 aromatic rings. The van der Waals surface area contributed by atoms with Crippen molar-refractivity contribution < 1.29 is 60.0 Å². The molecule has 0 fully saturated rings. The number of aliphatic carboxylic acids is 4. The molecule has 4 unspecified atom stereocenters. The van der Waals surface area contributed by atoms with E-state index in [-0.39, 0.29) is 45.5 Å². The molecule has 0 saturated heterocycles. The molecular weight excluding hydrogens is 376 g/mol. The fraction of sp³-hybridized carbons (Fsp3) is 0.500. The Morgan fingerprint density at radius 1 is 0.619 bits per heavy atom. The molecule has 116 valence electrons. The zero-order chi connectivity index (χ0) is 16.6. The summed E-state index contributed by atoms with van der Waals surface area (Å²) in [5, 5.41) is 68.3. The number of rotatable bonds is 6. The molecule has 13 heteroatoms. The van der Waals surface area contributed by atoms with Gasteiger partial charge in [0.25, 0.3) is 0 Å². The second-order valence-electron chi connectivity index (χ2n) is 3.09. The summed E-state index contributed by atoms with van der Waals surface area (Å²) in [5.74, 6) is -7.65. The molecule has 0 aliphatic heterocycles. The van der Waals surface area contributed by atoms with Crippen LogP contribution in [-0.2, 0) is 19.2 Å². The number of aliphatic hydroxyl groups excluding tert-OH is 4. The van der Waals surface area contributed by atoms with Gasteiger partial charge in [-0.25, -0.2) is 9.59 Å². The van der Waals surface area contributed by atoms with Gasteiger partial charge in [-0.05, 0) is 0 Å². The first-order chi connectivity index (χ1) is 8.93. The number of hydrogen-bond acceptors (Lipinski definition) is 10. The summed E-state index contributed by atoms with van der Waals surface area (Å²) in [4.78, 5) is 38.8. The van der Waals surface area contributed by atoms with Crippen molar-refractivity contribution in [3.05, 3.63) is 0 Å². The summed E-state index contributed by atoms with van der Waals surface area (Å²) < 4.78 is 0. The molecule has 0 radical (unpaired) electrons. The summed E-state index contributed by atoms with van der Waals surface area (Å²) in [7, 11) is 0. The summed E-state index contributed by atoms with van der Waals surface area (Å²) >= 11 is 0. The topological polar surface area (TPSA) is 236 Å². The molecule has 0 bridgehead atoms. The zero-order valence-corrected chi connectivity index (χ0v) is 13.6. The molecule has 21 heavy (non-hydrogen) atoms. The molecule has 0 aromatic heterocycles. The van der Waals surface area contributed by atoms with Gasteiger partial charge in [-0.2, -0.15) is 0 Å². The van der Waals surface area contributed by atoms with Crippen LogP contribution in [0.5, 0.6) is 0 Å². The smallest absolute Gasteiger partial charge is 0.547 e. The Morgan fingerprint density at radius 3 is 0.857 bits per heavy atom. The van der Waals surface area contributed by atoms with E-state index >= 15 is 0 Å². The molecule has 0 amide bonds. The molecule has 0 rings (SSSR count). The van der Waals surface area contributed by atoms with E-state index in [2.05, 4.69) is 0 Å². The fourth-order valence-corrected chi connectivity index (χ4v) is 0.528. The Labute approximate surface area is 153 Å². The van der Waals surface area contributed by atoms with E-state index in [1.807, 2.05) is 0 Å². The molecule has 0 aliphatic rings. The van der Waals surface area contributed by atoms with Crippen molar-refractivity contribution in [3.63, 3.8) is 0 Å². The minimum atomic E-state index is -2.38. The van der Waals surface area contributed by atoms with Gasteiger partial charge in [-0.3, -0.25) is 0 Å². The van der Waals surface area contributed by atoms with Crippen molar-refractivity contribution >= 4 is 69.4 Å². The number of carboxylic acids is 4. The number of carbonyl (C=O) groups is 4. The Bertz CT molecular complexity index is 309. The maximum Gasteiger partial charge on any atom is 2.00 e. The summed E-state index contributed by atoms with van der Waals surface area (Å²) in [6.07, 6.45) is -9.41. The first-order valence-electron chi connectivity index (χ1n) is 4.53. The molecule has 6 N–H and O–H groups in total. The Balaban J connectivity index is -0.000000295. The molecule has 0 heterocycles. The molecule has 0 aromatic carbocycles. The van der Waals surface area contributed by atoms with Crippen LogP contribution in [-0.4, -0.2) is 124 Å². The van der Waals surface area contributed by atoms with Gasteiger partial charge >= 0.3 is 57.4 Å². The van der Waals surface area contributed by atoms with Gasteiger partial charge < -0.3 is 50.4 Å². The Morgan fingerprint density at radius 2 is 0.810 bits per heavy atom. The predicted molar refractivity (Wildman–Crippen MR) is 55.1 cm³/mol. The third-order valence-electron chi connectivity index (χ3n) is 1.59. The van der Waals surface area contributed by atoms with Crippen LogP contribution >= 0.6 is 0 Å². The minimum Gasteiger partial charge on any atom is -0.547 e. The van der Waals surface area contributed by atoms with E-state index in [4.69, 9.17) is 30.6 Å². The van der Waals surface area contributed by atoms with Gasteiger partial charge in [0.05, 0.1) is 11.9 Å². The van der Waals surface area contributed by atoms with Crippen LogP contribution in [0.1, 0.15) is 0 Å². The van der Waals surface area contributed by atoms with E-state index in [0.717, 1.165) is 0 Å². The minimum absolute atomic E-state index is 0. The van der Waals surface area contributed by atoms with Crippen molar-refractivity contribution in [3.8, 4) is 0 Å². The van der Waals surface area contributed by atoms with Crippen LogP contribution in [0.15, 0.2) is 0 Å². The summed E-state index contributed by atoms with van der Waals surface area (Å²) in [6.45, 7) is 0. The SMILES string of the molecule is O=C([O-])C(O)C(O)C(=O)O.O=C([O-])C(O)C(O)C(=O)O.[Sr+2]. The van der Waals surface area contributed by atoms with Gasteiger partial charge in [0.1, 0.15) is 12.2 Å². The quantitative estimate of drug-likeness (QED) is 0.234. The first kappa shape index (κ1) is 25.2. The maximum absolute atomic E-state index is 9.74. The van der Waals surface area contributed by atoms with E-state index < -0.39 is 48.3 Å². The second kappa shape index (κ2) is 11.8. The molecule has 0 aliphatic carbocycles. The third kappa shape index (κ3) is 10.6. The predicted octanol–water partition coefficient (Wildman–Crippen LogP) is -7.30. The van der Waals surface area contributed by atoms with Crippen LogP contribution in [0.4, 0.5) is 0 Å². The van der Waals surface area contributed by atoms with Gasteiger partial charge in [-0.15, -0.1) is 0 Å². The van der Waals surface area contributed by atoms with Gasteiger partial charge in [0.15, 0.2) is 12.2 Å². The monoisotopic (exact) mass is 386 g/mol. The Kier molecular flexibility index (Phi) is 14.2. The van der Waals surface area contributed by atoms with Crippen LogP contribution in [0.2, 0.25) is 0 Å². The summed E-state index contributed by atoms with van der Waals surface area (Å²) in [5.41, 5.74) is 0. The van der Waals surface area contributed by atoms with Crippen molar-refractivity contribution in [1.29, 1.82) is 0 Å². The van der Waals surface area contributed by atoms with Crippen LogP contribution in [0.3, 0.4) is 0 Å². The molecule has 0 spiro atoms. The normalized spacial score (nSPS) is 15.0. The van der Waals surface area contributed by atoms with Gasteiger partial charge in [0, 0.05) is 0 Å². The average Bonchev–Trinajstić information content (AvgIpc) is 2.35. The number of carbonyl (C=O) groups excluding carboxylic acids is 2. The van der Waals surface area contributed by atoms with E-state index in [1.54, 1.807) is 0 Å². The molecule has 0 saturated carbocycles. The van der Waals surface area contributed by atoms with E-state index in [1.165, 1.54) is 0 Å². The van der Waals surface area contributed by atoms with Crippen LogP contribution < -0.4 is 10.2 Å². The van der Waals surface area contributed by atoms with Crippen LogP contribution in [0.25, 0.3) is 0 Å². The van der Waals surface area contributed by atoms with E-state index in [9.17, 15) is 29.4 Å². The van der Waals surface area contributed by atoms with Crippen molar-refractivity contribution in [2.75, 3.05) is 0 Å². The van der Waals surface area contributed by atoms with Gasteiger partial charge in [0.2, 0.25) is 0 Å². The fourth-order valence-electron chi connectivity index (χ4n) is 0.528.